The second kappa shape index (κ2) is 17.4. The minimum Gasteiger partial charge on any atom is -0.469 e. The summed E-state index contributed by atoms with van der Waals surface area (Å²) in [6, 6.07) is 0. The Kier molecular flexibility index (Phi) is 24.4. The van der Waals surface area contributed by atoms with Crippen molar-refractivity contribution in [3.05, 3.63) is 11.5 Å². The van der Waals surface area contributed by atoms with Crippen LogP contribution in [0.3, 0.4) is 0 Å². The van der Waals surface area contributed by atoms with Crippen molar-refractivity contribution in [1.82, 2.24) is 0 Å². The summed E-state index contributed by atoms with van der Waals surface area (Å²) in [6.45, 7) is 14.5. The lowest BCUT2D eigenvalue weighted by Crippen LogP contribution is -1.95. The Balaban J connectivity index is -0.000000218. The Hall–Kier alpha value is -0.660. The van der Waals surface area contributed by atoms with Crippen LogP contribution in [-0.4, -0.2) is 13.7 Å². The van der Waals surface area contributed by atoms with Gasteiger partial charge < -0.3 is 9.47 Å². The average Bonchev–Trinajstić information content (AvgIpc) is 2.20. The molecule has 0 aliphatic rings. The fourth-order valence-electron chi connectivity index (χ4n) is 0.538. The number of allylic oxidation sites excluding steroid dienone is 1. The van der Waals surface area contributed by atoms with Gasteiger partial charge in [0.2, 0.25) is 0 Å². The highest BCUT2D eigenvalue weighted by atomic mass is 16.7. The molecule has 0 aromatic rings. The lowest BCUT2D eigenvalue weighted by Gasteiger charge is -2.07. The molecule has 0 rings (SSSR count). The molecular weight excluding hydrogens is 164 g/mol. The first-order chi connectivity index (χ1) is 6.22. The topological polar surface area (TPSA) is 18.5 Å². The van der Waals surface area contributed by atoms with E-state index in [9.17, 15) is 0 Å². The lowest BCUT2D eigenvalue weighted by molar-refractivity contribution is 0.0649. The minimum atomic E-state index is 0.637. The highest BCUT2D eigenvalue weighted by molar-refractivity contribution is 4.94. The van der Waals surface area contributed by atoms with Crippen LogP contribution in [0.2, 0.25) is 0 Å². The summed E-state index contributed by atoms with van der Waals surface area (Å²) in [5.41, 5.74) is 1.07. The zero-order valence-corrected chi connectivity index (χ0v) is 10.5. The first-order valence-corrected chi connectivity index (χ1v) is 5.06. The summed E-state index contributed by atoms with van der Waals surface area (Å²) in [7, 11) is 1.61. The zero-order chi connectivity index (χ0) is 11.3. The smallest absolute Gasteiger partial charge is 0.277 e. The maximum Gasteiger partial charge on any atom is 0.277 e. The molecule has 0 atom stereocenters. The molecule has 2 nitrogen and oxygen atoms in total. The molecule has 0 spiro atoms. The Bertz CT molecular complexity index is 103. The van der Waals surface area contributed by atoms with Gasteiger partial charge in [-0.2, -0.15) is 0 Å². The van der Waals surface area contributed by atoms with E-state index in [0.29, 0.717) is 12.6 Å². The van der Waals surface area contributed by atoms with Crippen molar-refractivity contribution in [2.24, 2.45) is 0 Å². The van der Waals surface area contributed by atoms with Crippen LogP contribution < -0.4 is 0 Å². The molecule has 0 aromatic carbocycles. The summed E-state index contributed by atoms with van der Waals surface area (Å²) >= 11 is 0. The van der Waals surface area contributed by atoms with Crippen molar-refractivity contribution in [2.75, 3.05) is 13.7 Å². The molecule has 0 N–H and O–H groups in total. The molecule has 0 heterocycles. The van der Waals surface area contributed by atoms with Gasteiger partial charge >= 0.3 is 0 Å². The Morgan fingerprint density at radius 2 is 1.38 bits per heavy atom. The maximum absolute atomic E-state index is 5.11. The Morgan fingerprint density at radius 3 is 1.46 bits per heavy atom. The second-order valence-corrected chi connectivity index (χ2v) is 1.92. The third-order valence-corrected chi connectivity index (χ3v) is 0.869. The van der Waals surface area contributed by atoms with Gasteiger partial charge in [-0.3, -0.25) is 0 Å². The molecule has 82 valence electrons. The van der Waals surface area contributed by atoms with Gasteiger partial charge in [0.25, 0.3) is 5.95 Å². The van der Waals surface area contributed by atoms with E-state index in [1.807, 2.05) is 48.5 Å². The number of methoxy groups -OCH3 is 1. The molecule has 0 amide bonds. The summed E-state index contributed by atoms with van der Waals surface area (Å²) < 4.78 is 10.0. The average molecular weight is 190 g/mol. The van der Waals surface area contributed by atoms with Crippen LogP contribution in [0, 0.1) is 0 Å². The van der Waals surface area contributed by atoms with Crippen LogP contribution >= 0.6 is 0 Å². The van der Waals surface area contributed by atoms with Crippen molar-refractivity contribution in [2.45, 2.75) is 48.5 Å². The fourth-order valence-corrected chi connectivity index (χ4v) is 0.538. The van der Waals surface area contributed by atoms with Crippen LogP contribution in [0.5, 0.6) is 0 Å². The highest BCUT2D eigenvalue weighted by Gasteiger charge is 1.95. The van der Waals surface area contributed by atoms with E-state index in [-0.39, 0.29) is 0 Å². The fraction of sp³-hybridized carbons (Fsp3) is 0.818. The molecule has 0 bridgehead atoms. The van der Waals surface area contributed by atoms with Gasteiger partial charge in [-0.05, 0) is 20.8 Å². The molecule has 0 radical (unpaired) electrons. The summed E-state index contributed by atoms with van der Waals surface area (Å²) in [5, 5.41) is 0. The molecule has 0 aromatic heterocycles. The van der Waals surface area contributed by atoms with Crippen LogP contribution in [0.4, 0.5) is 0 Å². The summed E-state index contributed by atoms with van der Waals surface area (Å²) in [6.07, 6.45) is 0. The van der Waals surface area contributed by atoms with Crippen LogP contribution in [-0.2, 0) is 9.47 Å². The van der Waals surface area contributed by atoms with Crippen LogP contribution in [0.15, 0.2) is 11.5 Å². The second-order valence-electron chi connectivity index (χ2n) is 1.92. The number of hydrogen-bond donors (Lipinski definition) is 0. The summed E-state index contributed by atoms with van der Waals surface area (Å²) in [4.78, 5) is 0. The molecular formula is C11H26O2. The van der Waals surface area contributed by atoms with Crippen molar-refractivity contribution in [3.8, 4) is 0 Å². The number of rotatable bonds is 3. The number of hydrogen-bond acceptors (Lipinski definition) is 2. The molecule has 0 fully saturated rings. The predicted octanol–water partition coefficient (Wildman–Crippen LogP) is 3.97. The van der Waals surface area contributed by atoms with Crippen molar-refractivity contribution >= 4 is 0 Å². The van der Waals surface area contributed by atoms with Gasteiger partial charge in [-0.25, -0.2) is 0 Å². The third-order valence-electron chi connectivity index (χ3n) is 0.869. The third kappa shape index (κ3) is 14.2. The van der Waals surface area contributed by atoms with Crippen molar-refractivity contribution in [1.29, 1.82) is 0 Å². The standard InChI is InChI=1S/C7H14O2.2C2H6/c1-5-9-7(8-4)6(2)3;2*1-2/h5H2,1-4H3;2*1-2H3. The van der Waals surface area contributed by atoms with Gasteiger partial charge in [0, 0.05) is 5.57 Å². The summed E-state index contributed by atoms with van der Waals surface area (Å²) in [5.74, 6) is 0.637. The van der Waals surface area contributed by atoms with E-state index in [1.54, 1.807) is 7.11 Å². The molecule has 13 heavy (non-hydrogen) atoms. The monoisotopic (exact) mass is 190 g/mol. The molecule has 0 unspecified atom stereocenters. The SMILES string of the molecule is CC.CC.CCOC(OC)=C(C)C. The van der Waals surface area contributed by atoms with Gasteiger partial charge in [0.1, 0.15) is 0 Å². The van der Waals surface area contributed by atoms with Gasteiger partial charge in [-0.1, -0.05) is 27.7 Å². The first kappa shape index (κ1) is 18.2. The van der Waals surface area contributed by atoms with Crippen LogP contribution in [0.1, 0.15) is 48.5 Å². The van der Waals surface area contributed by atoms with E-state index < -0.39 is 0 Å². The van der Waals surface area contributed by atoms with Gasteiger partial charge in [0.05, 0.1) is 13.7 Å². The van der Waals surface area contributed by atoms with E-state index in [0.717, 1.165) is 5.57 Å². The van der Waals surface area contributed by atoms with Crippen LogP contribution in [0.25, 0.3) is 0 Å². The largest absolute Gasteiger partial charge is 0.469 e. The minimum absolute atomic E-state index is 0.637. The quantitative estimate of drug-likeness (QED) is 0.627. The molecule has 0 saturated heterocycles. The van der Waals surface area contributed by atoms with Crippen molar-refractivity contribution in [3.63, 3.8) is 0 Å². The maximum atomic E-state index is 5.11. The molecule has 2 heteroatoms. The molecule has 0 saturated carbocycles. The normalized spacial score (nSPS) is 6.77. The van der Waals surface area contributed by atoms with E-state index in [4.69, 9.17) is 9.47 Å². The highest BCUT2D eigenvalue weighted by Crippen LogP contribution is 2.04. The first-order valence-electron chi connectivity index (χ1n) is 5.06. The zero-order valence-electron chi connectivity index (χ0n) is 10.5. The van der Waals surface area contributed by atoms with Crippen molar-refractivity contribution < 1.29 is 9.47 Å². The predicted molar refractivity (Wildman–Crippen MR) is 59.7 cm³/mol. The van der Waals surface area contributed by atoms with Gasteiger partial charge in [-0.15, -0.1) is 0 Å². The van der Waals surface area contributed by atoms with E-state index >= 15 is 0 Å². The molecule has 0 aliphatic carbocycles. The Morgan fingerprint density at radius 1 is 1.00 bits per heavy atom. The molecule has 0 aliphatic heterocycles. The Labute approximate surface area is 83.9 Å². The lowest BCUT2D eigenvalue weighted by atomic mass is 10.4. The van der Waals surface area contributed by atoms with E-state index in [2.05, 4.69) is 0 Å². The number of ether oxygens (including phenoxy) is 2. The van der Waals surface area contributed by atoms with Gasteiger partial charge in [0.15, 0.2) is 0 Å². The van der Waals surface area contributed by atoms with E-state index in [1.165, 1.54) is 0 Å².